The third-order valence-corrected chi connectivity index (χ3v) is 7.78. The number of phenols is 1. The Bertz CT molecular complexity index is 1320. The van der Waals surface area contributed by atoms with Crippen molar-refractivity contribution in [2.45, 2.75) is 25.9 Å². The lowest BCUT2D eigenvalue weighted by Gasteiger charge is -2.16. The van der Waals surface area contributed by atoms with Crippen LogP contribution in [0, 0.1) is 6.92 Å². The average molecular weight is 498 g/mol. The first-order valence-electron chi connectivity index (χ1n) is 9.73. The molecule has 1 aliphatic rings. The SMILES string of the molecule is Cc1nc(-c2ccc(C(F)(F)F)cc2)sc1CCc1ccc(N2CC(=O)NS2(=O)=O)c(O)c1. The van der Waals surface area contributed by atoms with Crippen molar-refractivity contribution < 1.29 is 31.5 Å². The maximum absolute atomic E-state index is 12.8. The van der Waals surface area contributed by atoms with Crippen LogP contribution >= 0.6 is 11.3 Å². The molecular weight excluding hydrogens is 479 g/mol. The molecule has 0 atom stereocenters. The second-order valence-electron chi connectivity index (χ2n) is 7.46. The van der Waals surface area contributed by atoms with Crippen molar-refractivity contribution in [3.8, 4) is 16.3 Å². The van der Waals surface area contributed by atoms with E-state index in [1.165, 1.54) is 35.6 Å². The van der Waals surface area contributed by atoms with Gasteiger partial charge in [0.15, 0.2) is 0 Å². The molecular formula is C21H18F3N3O4S2. The normalized spacial score (nSPS) is 15.6. The van der Waals surface area contributed by atoms with E-state index in [2.05, 4.69) is 4.98 Å². The van der Waals surface area contributed by atoms with E-state index >= 15 is 0 Å². The monoisotopic (exact) mass is 497 g/mol. The lowest BCUT2D eigenvalue weighted by molar-refractivity contribution is -0.137. The number of hydrogen-bond donors (Lipinski definition) is 2. The van der Waals surface area contributed by atoms with Crippen LogP contribution in [0.5, 0.6) is 5.75 Å². The number of aromatic hydroxyl groups is 1. The van der Waals surface area contributed by atoms with Crippen molar-refractivity contribution in [1.82, 2.24) is 9.71 Å². The molecule has 0 spiro atoms. The second kappa shape index (κ2) is 8.34. The summed E-state index contributed by atoms with van der Waals surface area (Å²) in [7, 11) is -4.02. The lowest BCUT2D eigenvalue weighted by atomic mass is 10.1. The van der Waals surface area contributed by atoms with Crippen molar-refractivity contribution in [2.75, 3.05) is 10.8 Å². The second-order valence-corrected chi connectivity index (χ2v) is 10.1. The molecule has 1 aromatic heterocycles. The standard InChI is InChI=1S/C21H18F3N3O4S2/c1-12-18(32-20(25-12)14-4-6-15(7-5-14)21(22,23)24)9-3-13-2-8-16(17(28)10-13)27-11-19(29)26-33(27,30)31/h2,4-8,10,28H,3,9,11H2,1H3,(H,26,29). The van der Waals surface area contributed by atoms with E-state index in [9.17, 15) is 31.5 Å². The van der Waals surface area contributed by atoms with Crippen molar-refractivity contribution in [3.05, 3.63) is 64.2 Å². The number of thiazole rings is 1. The molecule has 1 amide bonds. The van der Waals surface area contributed by atoms with Crippen LogP contribution in [0.4, 0.5) is 18.9 Å². The zero-order valence-electron chi connectivity index (χ0n) is 17.2. The summed E-state index contributed by atoms with van der Waals surface area (Å²) < 4.78 is 64.9. The molecule has 12 heteroatoms. The minimum atomic E-state index is -4.39. The van der Waals surface area contributed by atoms with E-state index in [0.717, 1.165) is 32.6 Å². The number of nitrogens with zero attached hydrogens (tertiary/aromatic N) is 2. The topological polar surface area (TPSA) is 99.6 Å². The number of aromatic nitrogens is 1. The summed E-state index contributed by atoms with van der Waals surface area (Å²) >= 11 is 1.38. The molecule has 0 unspecified atom stereocenters. The minimum Gasteiger partial charge on any atom is -0.506 e. The van der Waals surface area contributed by atoms with E-state index in [1.807, 2.05) is 11.6 Å². The minimum absolute atomic E-state index is 0.00987. The number of hydrogen-bond acceptors (Lipinski definition) is 6. The van der Waals surface area contributed by atoms with Gasteiger partial charge in [0, 0.05) is 10.4 Å². The molecule has 2 heterocycles. The molecule has 174 valence electrons. The Hall–Kier alpha value is -3.12. The molecule has 7 nitrogen and oxygen atoms in total. The Labute approximate surface area is 191 Å². The van der Waals surface area contributed by atoms with Crippen LogP contribution in [0.25, 0.3) is 10.6 Å². The van der Waals surface area contributed by atoms with Gasteiger partial charge in [-0.25, -0.2) is 14.0 Å². The molecule has 0 saturated carbocycles. The van der Waals surface area contributed by atoms with Gasteiger partial charge < -0.3 is 5.11 Å². The Morgan fingerprint density at radius 1 is 1.15 bits per heavy atom. The fourth-order valence-corrected chi connectivity index (χ4v) is 5.67. The van der Waals surface area contributed by atoms with E-state index in [1.54, 1.807) is 6.07 Å². The zero-order chi connectivity index (χ0) is 24.0. The molecule has 0 aliphatic carbocycles. The van der Waals surface area contributed by atoms with Crippen molar-refractivity contribution in [3.63, 3.8) is 0 Å². The first kappa shape index (κ1) is 23.1. The number of aryl methyl sites for hydroxylation is 3. The first-order valence-corrected chi connectivity index (χ1v) is 12.0. The quantitative estimate of drug-likeness (QED) is 0.559. The number of phenolic OH excluding ortho intramolecular Hbond substituents is 1. The largest absolute Gasteiger partial charge is 0.506 e. The molecule has 1 saturated heterocycles. The highest BCUT2D eigenvalue weighted by Gasteiger charge is 2.35. The summed E-state index contributed by atoms with van der Waals surface area (Å²) in [5, 5.41) is 10.9. The third-order valence-electron chi connectivity index (χ3n) is 5.12. The van der Waals surface area contributed by atoms with Gasteiger partial charge in [0.1, 0.15) is 17.3 Å². The molecule has 1 aliphatic heterocycles. The number of carbonyl (C=O) groups is 1. The van der Waals surface area contributed by atoms with Gasteiger partial charge in [-0.05, 0) is 49.6 Å². The van der Waals surface area contributed by atoms with E-state index in [4.69, 9.17) is 0 Å². The Morgan fingerprint density at radius 2 is 1.85 bits per heavy atom. The highest BCUT2D eigenvalue weighted by Crippen LogP contribution is 2.34. The van der Waals surface area contributed by atoms with Crippen molar-refractivity contribution in [2.24, 2.45) is 0 Å². The molecule has 0 radical (unpaired) electrons. The Morgan fingerprint density at radius 3 is 2.42 bits per heavy atom. The van der Waals surface area contributed by atoms with Crippen LogP contribution < -0.4 is 9.03 Å². The molecule has 2 N–H and O–H groups in total. The number of nitrogens with one attached hydrogen (secondary N) is 1. The van der Waals surface area contributed by atoms with Gasteiger partial charge in [0.25, 0.3) is 5.91 Å². The van der Waals surface area contributed by atoms with E-state index < -0.39 is 34.4 Å². The highest BCUT2D eigenvalue weighted by atomic mass is 32.2. The Kier molecular flexibility index (Phi) is 5.83. The fourth-order valence-electron chi connectivity index (χ4n) is 3.44. The predicted octanol–water partition coefficient (Wildman–Crippen LogP) is 3.81. The summed E-state index contributed by atoms with van der Waals surface area (Å²) in [6.07, 6.45) is -3.30. The molecule has 1 fully saturated rings. The van der Waals surface area contributed by atoms with Crippen LogP contribution in [0.1, 0.15) is 21.7 Å². The van der Waals surface area contributed by atoms with Crippen LogP contribution in [0.3, 0.4) is 0 Å². The molecule has 4 rings (SSSR count). The van der Waals surface area contributed by atoms with E-state index in [0.29, 0.717) is 23.4 Å². The number of amides is 1. The maximum Gasteiger partial charge on any atom is 0.416 e. The first-order chi connectivity index (χ1) is 15.4. The van der Waals surface area contributed by atoms with Gasteiger partial charge in [0.2, 0.25) is 0 Å². The molecule has 3 aromatic rings. The number of anilines is 1. The third kappa shape index (κ3) is 4.81. The maximum atomic E-state index is 12.8. The summed E-state index contributed by atoms with van der Waals surface area (Å²) in [5.74, 6) is -0.943. The number of alkyl halides is 3. The van der Waals surface area contributed by atoms with Gasteiger partial charge in [-0.1, -0.05) is 18.2 Å². The van der Waals surface area contributed by atoms with Gasteiger partial charge in [0.05, 0.1) is 16.9 Å². The summed E-state index contributed by atoms with van der Waals surface area (Å²) in [4.78, 5) is 16.8. The van der Waals surface area contributed by atoms with E-state index in [-0.39, 0.29) is 11.4 Å². The van der Waals surface area contributed by atoms with Gasteiger partial charge in [-0.15, -0.1) is 11.3 Å². The van der Waals surface area contributed by atoms with Crippen LogP contribution in [0.2, 0.25) is 0 Å². The lowest BCUT2D eigenvalue weighted by Crippen LogP contribution is -2.29. The zero-order valence-corrected chi connectivity index (χ0v) is 18.8. The Balaban J connectivity index is 1.47. The van der Waals surface area contributed by atoms with Gasteiger partial charge in [-0.2, -0.15) is 21.6 Å². The number of benzene rings is 2. The molecule has 2 aromatic carbocycles. The number of rotatable bonds is 5. The molecule has 0 bridgehead atoms. The fraction of sp³-hybridized carbons (Fsp3) is 0.238. The molecule has 33 heavy (non-hydrogen) atoms. The predicted molar refractivity (Wildman–Crippen MR) is 117 cm³/mol. The number of halogens is 3. The van der Waals surface area contributed by atoms with Crippen LogP contribution in [-0.2, 0) is 34.0 Å². The summed E-state index contributed by atoms with van der Waals surface area (Å²) in [6.45, 7) is 1.42. The number of carbonyl (C=O) groups excluding carboxylic acids is 1. The smallest absolute Gasteiger partial charge is 0.416 e. The van der Waals surface area contributed by atoms with Crippen LogP contribution in [-0.4, -0.2) is 31.0 Å². The van der Waals surface area contributed by atoms with Crippen molar-refractivity contribution in [1.29, 1.82) is 0 Å². The summed E-state index contributed by atoms with van der Waals surface area (Å²) in [6, 6.07) is 9.40. The van der Waals surface area contributed by atoms with Crippen molar-refractivity contribution >= 4 is 33.1 Å². The average Bonchev–Trinajstić information content (AvgIpc) is 3.23. The van der Waals surface area contributed by atoms with Gasteiger partial charge in [-0.3, -0.25) is 4.79 Å². The summed E-state index contributed by atoms with van der Waals surface area (Å²) in [5.41, 5.74) is 1.40. The van der Waals surface area contributed by atoms with Gasteiger partial charge >= 0.3 is 16.4 Å². The van der Waals surface area contributed by atoms with Crippen LogP contribution in [0.15, 0.2) is 42.5 Å². The highest BCUT2D eigenvalue weighted by molar-refractivity contribution is 7.92.